The van der Waals surface area contributed by atoms with Gasteiger partial charge in [-0.2, -0.15) is 0 Å². The van der Waals surface area contributed by atoms with Gasteiger partial charge in [0.25, 0.3) is 0 Å². The van der Waals surface area contributed by atoms with Crippen LogP contribution < -0.4 is 9.47 Å². The minimum Gasteiger partial charge on any atom is -0.497 e. The van der Waals surface area contributed by atoms with Crippen molar-refractivity contribution in [3.63, 3.8) is 0 Å². The minimum absolute atomic E-state index is 0.457. The van der Waals surface area contributed by atoms with Crippen molar-refractivity contribution in [2.75, 3.05) is 7.11 Å². The highest BCUT2D eigenvalue weighted by atomic mass is 32.1. The van der Waals surface area contributed by atoms with Crippen LogP contribution in [0.1, 0.15) is 5.56 Å². The second-order valence-corrected chi connectivity index (χ2v) is 3.80. The van der Waals surface area contributed by atoms with Crippen LogP contribution in [0.5, 0.6) is 11.5 Å². The summed E-state index contributed by atoms with van der Waals surface area (Å²) in [4.78, 5) is 0. The van der Waals surface area contributed by atoms with E-state index >= 15 is 0 Å². The maximum atomic E-state index is 5.56. The van der Waals surface area contributed by atoms with Gasteiger partial charge in [0.05, 0.1) is 7.11 Å². The summed E-state index contributed by atoms with van der Waals surface area (Å²) in [6.07, 6.45) is 0. The Kier molecular flexibility index (Phi) is 3.73. The summed E-state index contributed by atoms with van der Waals surface area (Å²) in [5.74, 6) is 1.55. The second kappa shape index (κ2) is 5.46. The maximum absolute atomic E-state index is 5.56. The fraction of sp³-hybridized carbons (Fsp3) is 0.0714. The van der Waals surface area contributed by atoms with Crippen molar-refractivity contribution in [2.45, 2.75) is 0 Å². The van der Waals surface area contributed by atoms with Gasteiger partial charge in [-0.05, 0) is 48.6 Å². The molecule has 0 atom stereocenters. The van der Waals surface area contributed by atoms with Crippen molar-refractivity contribution in [1.82, 2.24) is 0 Å². The fourth-order valence-corrected chi connectivity index (χ4v) is 1.61. The van der Waals surface area contributed by atoms with Crippen LogP contribution in [-0.2, 0) is 0 Å². The number of benzene rings is 2. The summed E-state index contributed by atoms with van der Waals surface area (Å²) < 4.78 is 10.6. The lowest BCUT2D eigenvalue weighted by Crippen LogP contribution is -2.06. The number of methoxy groups -OCH3 is 1. The average Bonchev–Trinajstić information content (AvgIpc) is 2.40. The summed E-state index contributed by atoms with van der Waals surface area (Å²) in [6.45, 7) is 0. The van der Waals surface area contributed by atoms with Crippen molar-refractivity contribution >= 4 is 17.3 Å². The summed E-state index contributed by atoms with van der Waals surface area (Å²) in [7, 11) is 1.63. The van der Waals surface area contributed by atoms with Gasteiger partial charge in [0.2, 0.25) is 0 Å². The molecule has 0 bridgehead atoms. The first-order valence-corrected chi connectivity index (χ1v) is 5.62. The molecule has 2 aromatic rings. The molecule has 0 radical (unpaired) electrons. The summed E-state index contributed by atoms with van der Waals surface area (Å²) in [6, 6.07) is 17.0. The Bertz CT molecular complexity index is 491. The van der Waals surface area contributed by atoms with E-state index in [0.717, 1.165) is 17.1 Å². The molecular weight excluding hydrogens is 232 g/mol. The molecule has 2 aromatic carbocycles. The third kappa shape index (κ3) is 3.04. The highest BCUT2D eigenvalue weighted by Gasteiger charge is 2.03. The highest BCUT2D eigenvalue weighted by Crippen LogP contribution is 2.15. The molecule has 0 N–H and O–H groups in total. The zero-order chi connectivity index (χ0) is 12.1. The van der Waals surface area contributed by atoms with Gasteiger partial charge < -0.3 is 9.47 Å². The number of para-hydroxylation sites is 1. The third-order valence-electron chi connectivity index (χ3n) is 2.28. The van der Waals surface area contributed by atoms with Crippen molar-refractivity contribution in [1.29, 1.82) is 0 Å². The van der Waals surface area contributed by atoms with Gasteiger partial charge in [0, 0.05) is 5.56 Å². The van der Waals surface area contributed by atoms with Gasteiger partial charge in [-0.1, -0.05) is 18.2 Å². The Morgan fingerprint density at radius 3 is 2.12 bits per heavy atom. The first kappa shape index (κ1) is 11.6. The number of hydrogen-bond acceptors (Lipinski definition) is 3. The maximum Gasteiger partial charge on any atom is 0.198 e. The predicted octanol–water partition coefficient (Wildman–Crippen LogP) is 3.45. The third-order valence-corrected chi connectivity index (χ3v) is 2.60. The summed E-state index contributed by atoms with van der Waals surface area (Å²) in [5, 5.41) is 0.457. The monoisotopic (exact) mass is 244 g/mol. The Balaban J connectivity index is 2.09. The van der Waals surface area contributed by atoms with Crippen LogP contribution >= 0.6 is 12.2 Å². The topological polar surface area (TPSA) is 18.5 Å². The zero-order valence-electron chi connectivity index (χ0n) is 9.42. The lowest BCUT2D eigenvalue weighted by atomic mass is 10.2. The normalized spacial score (nSPS) is 9.71. The molecule has 0 aliphatic carbocycles. The molecule has 0 fully saturated rings. The van der Waals surface area contributed by atoms with E-state index in [1.54, 1.807) is 7.11 Å². The Morgan fingerprint density at radius 1 is 0.882 bits per heavy atom. The minimum atomic E-state index is 0.457. The van der Waals surface area contributed by atoms with E-state index in [4.69, 9.17) is 21.7 Å². The zero-order valence-corrected chi connectivity index (χ0v) is 10.2. The Hall–Kier alpha value is -1.87. The first-order chi connectivity index (χ1) is 8.29. The van der Waals surface area contributed by atoms with Crippen LogP contribution in [0.25, 0.3) is 0 Å². The van der Waals surface area contributed by atoms with E-state index in [9.17, 15) is 0 Å². The van der Waals surface area contributed by atoms with E-state index in [2.05, 4.69) is 0 Å². The van der Waals surface area contributed by atoms with E-state index in [1.807, 2.05) is 54.6 Å². The molecule has 0 heterocycles. The van der Waals surface area contributed by atoms with E-state index < -0.39 is 0 Å². The summed E-state index contributed by atoms with van der Waals surface area (Å²) >= 11 is 5.22. The smallest absolute Gasteiger partial charge is 0.198 e. The molecule has 2 rings (SSSR count). The van der Waals surface area contributed by atoms with Crippen LogP contribution in [0.2, 0.25) is 0 Å². The van der Waals surface area contributed by atoms with Crippen molar-refractivity contribution in [3.05, 3.63) is 60.2 Å². The quantitative estimate of drug-likeness (QED) is 0.770. The van der Waals surface area contributed by atoms with Crippen molar-refractivity contribution < 1.29 is 9.47 Å². The van der Waals surface area contributed by atoms with Gasteiger partial charge in [0.1, 0.15) is 11.5 Å². The summed E-state index contributed by atoms with van der Waals surface area (Å²) in [5.41, 5.74) is 0.865. The molecule has 0 unspecified atom stereocenters. The van der Waals surface area contributed by atoms with Gasteiger partial charge in [-0.15, -0.1) is 0 Å². The average molecular weight is 244 g/mol. The molecular formula is C14H12O2S. The largest absolute Gasteiger partial charge is 0.497 e. The molecule has 0 saturated carbocycles. The van der Waals surface area contributed by atoms with Crippen LogP contribution in [-0.4, -0.2) is 12.2 Å². The second-order valence-electron chi connectivity index (χ2n) is 3.43. The molecule has 0 amide bonds. The first-order valence-electron chi connectivity index (χ1n) is 5.21. The van der Waals surface area contributed by atoms with Gasteiger partial charge >= 0.3 is 0 Å². The number of rotatable bonds is 3. The van der Waals surface area contributed by atoms with Crippen LogP contribution in [0, 0.1) is 0 Å². The van der Waals surface area contributed by atoms with E-state index in [0.29, 0.717) is 5.05 Å². The molecule has 3 heteroatoms. The highest BCUT2D eigenvalue weighted by molar-refractivity contribution is 7.80. The number of hydrogen-bond donors (Lipinski definition) is 0. The molecule has 0 aromatic heterocycles. The molecule has 17 heavy (non-hydrogen) atoms. The molecule has 86 valence electrons. The molecule has 2 nitrogen and oxygen atoms in total. The molecule has 0 aliphatic heterocycles. The lowest BCUT2D eigenvalue weighted by molar-refractivity contribution is 0.414. The van der Waals surface area contributed by atoms with Crippen molar-refractivity contribution in [3.8, 4) is 11.5 Å². The number of ether oxygens (including phenoxy) is 2. The van der Waals surface area contributed by atoms with Gasteiger partial charge in [-0.25, -0.2) is 0 Å². The van der Waals surface area contributed by atoms with Crippen molar-refractivity contribution in [2.24, 2.45) is 0 Å². The molecule has 0 saturated heterocycles. The Morgan fingerprint density at radius 2 is 1.53 bits per heavy atom. The standard InChI is InChI=1S/C14H12O2S/c1-15-12-9-7-11(8-10-12)14(17)16-13-5-3-2-4-6-13/h2-10H,1H3. The van der Waals surface area contributed by atoms with E-state index in [-0.39, 0.29) is 0 Å². The van der Waals surface area contributed by atoms with Gasteiger partial charge in [-0.3, -0.25) is 0 Å². The SMILES string of the molecule is COc1ccc(C(=S)Oc2ccccc2)cc1. The predicted molar refractivity (Wildman–Crippen MR) is 71.8 cm³/mol. The van der Waals surface area contributed by atoms with E-state index in [1.165, 1.54) is 0 Å². The molecule has 0 spiro atoms. The van der Waals surface area contributed by atoms with Gasteiger partial charge in [0.15, 0.2) is 5.05 Å². The Labute approximate surface area is 106 Å². The molecule has 0 aliphatic rings. The van der Waals surface area contributed by atoms with Crippen LogP contribution in [0.15, 0.2) is 54.6 Å². The van der Waals surface area contributed by atoms with Crippen LogP contribution in [0.3, 0.4) is 0 Å². The fourth-order valence-electron chi connectivity index (χ4n) is 1.38. The lowest BCUT2D eigenvalue weighted by Gasteiger charge is -2.07. The number of thiocarbonyl (C=S) groups is 1. The van der Waals surface area contributed by atoms with Crippen LogP contribution in [0.4, 0.5) is 0 Å².